The molecule has 0 spiro atoms. The maximum atomic E-state index is 13.3. The highest BCUT2D eigenvalue weighted by Gasteiger charge is 2.41. The Labute approximate surface area is 204 Å². The van der Waals surface area contributed by atoms with E-state index in [1.165, 1.54) is 4.90 Å². The number of pyridine rings is 1. The fourth-order valence-corrected chi connectivity index (χ4v) is 4.67. The number of amides is 2. The molecule has 0 saturated carbocycles. The van der Waals surface area contributed by atoms with Gasteiger partial charge >= 0.3 is 0 Å². The molecule has 35 heavy (non-hydrogen) atoms. The van der Waals surface area contributed by atoms with Crippen molar-refractivity contribution in [3.8, 4) is 11.4 Å². The van der Waals surface area contributed by atoms with Gasteiger partial charge in [-0.3, -0.25) is 14.3 Å². The molecule has 4 heterocycles. The van der Waals surface area contributed by atoms with E-state index in [1.807, 2.05) is 56.6 Å². The number of nitrogens with zero attached hydrogens (tertiary/aromatic N) is 5. The minimum Gasteiger partial charge on any atom is -0.394 e. The topological polar surface area (TPSA) is 125 Å². The standard InChI is InChI=1S/C25H34N6O4/c1-5-30-21(9-10-26-30)22-7-6-18(20-8-11-27-31(20)22)19(14-32)28-24(34)23-12-17(33)13-29(23)25(35)16(4)15(2)3/h6-11,15-17,19,23,32-33H,5,12-14H2,1-4H3,(H,28,34). The first kappa shape index (κ1) is 24.9. The first-order chi connectivity index (χ1) is 16.8. The molecule has 3 aromatic heterocycles. The number of β-amino-alcohol motifs (C(OH)–C–C–N with tert-alkyl or cyclic N) is 1. The summed E-state index contributed by atoms with van der Waals surface area (Å²) in [7, 11) is 0. The third-order valence-corrected chi connectivity index (χ3v) is 6.99. The lowest BCUT2D eigenvalue weighted by Gasteiger charge is -2.29. The first-order valence-corrected chi connectivity index (χ1v) is 12.1. The molecule has 0 radical (unpaired) electrons. The minimum absolute atomic E-state index is 0.117. The maximum absolute atomic E-state index is 13.3. The molecule has 1 saturated heterocycles. The van der Waals surface area contributed by atoms with Crippen LogP contribution in [0, 0.1) is 11.8 Å². The summed E-state index contributed by atoms with van der Waals surface area (Å²) in [5, 5.41) is 32.1. The summed E-state index contributed by atoms with van der Waals surface area (Å²) < 4.78 is 3.64. The molecular weight excluding hydrogens is 448 g/mol. The molecule has 3 N–H and O–H groups in total. The third kappa shape index (κ3) is 4.68. The lowest BCUT2D eigenvalue weighted by atomic mass is 9.96. The van der Waals surface area contributed by atoms with Crippen LogP contribution >= 0.6 is 0 Å². The Morgan fingerprint density at radius 1 is 1.11 bits per heavy atom. The second-order valence-electron chi connectivity index (χ2n) is 9.51. The molecule has 0 aromatic carbocycles. The highest BCUT2D eigenvalue weighted by atomic mass is 16.3. The number of hydrogen-bond acceptors (Lipinski definition) is 6. The number of rotatable bonds is 8. The summed E-state index contributed by atoms with van der Waals surface area (Å²) in [6.07, 6.45) is 2.82. The summed E-state index contributed by atoms with van der Waals surface area (Å²) in [5.74, 6) is -0.686. The van der Waals surface area contributed by atoms with Gasteiger partial charge in [0.2, 0.25) is 11.8 Å². The summed E-state index contributed by atoms with van der Waals surface area (Å²) in [6, 6.07) is 6.02. The Bertz CT molecular complexity index is 1200. The van der Waals surface area contributed by atoms with Gasteiger partial charge in [0.15, 0.2) is 0 Å². The summed E-state index contributed by atoms with van der Waals surface area (Å²) >= 11 is 0. The van der Waals surface area contributed by atoms with E-state index in [-0.39, 0.29) is 37.3 Å². The predicted molar refractivity (Wildman–Crippen MR) is 130 cm³/mol. The Morgan fingerprint density at radius 2 is 1.86 bits per heavy atom. The molecule has 0 aliphatic carbocycles. The van der Waals surface area contributed by atoms with E-state index in [2.05, 4.69) is 15.5 Å². The minimum atomic E-state index is -0.785. The molecule has 1 aliphatic rings. The van der Waals surface area contributed by atoms with Crippen LogP contribution in [0.15, 0.2) is 36.7 Å². The number of aliphatic hydroxyl groups excluding tert-OH is 2. The fourth-order valence-electron chi connectivity index (χ4n) is 4.67. The van der Waals surface area contributed by atoms with Crippen LogP contribution in [0.5, 0.6) is 0 Å². The van der Waals surface area contributed by atoms with E-state index < -0.39 is 24.1 Å². The number of aryl methyl sites for hydroxylation is 1. The van der Waals surface area contributed by atoms with Gasteiger partial charge in [0, 0.05) is 37.2 Å². The summed E-state index contributed by atoms with van der Waals surface area (Å²) in [6.45, 7) is 8.28. The highest BCUT2D eigenvalue weighted by molar-refractivity contribution is 5.89. The first-order valence-electron chi connectivity index (χ1n) is 12.1. The van der Waals surface area contributed by atoms with Gasteiger partial charge in [-0.05, 0) is 31.0 Å². The van der Waals surface area contributed by atoms with E-state index in [1.54, 1.807) is 16.9 Å². The normalized spacial score (nSPS) is 19.9. The number of likely N-dealkylation sites (tertiary alicyclic amines) is 1. The Morgan fingerprint density at radius 3 is 2.54 bits per heavy atom. The Hall–Kier alpha value is -3.24. The Balaban J connectivity index is 1.60. The molecular formula is C25H34N6O4. The van der Waals surface area contributed by atoms with Crippen molar-refractivity contribution in [3.05, 3.63) is 42.2 Å². The molecule has 4 atom stereocenters. The monoisotopic (exact) mass is 482 g/mol. The van der Waals surface area contributed by atoms with Crippen LogP contribution in [0.1, 0.15) is 45.7 Å². The lowest BCUT2D eigenvalue weighted by molar-refractivity contribution is -0.142. The molecule has 2 amide bonds. The van der Waals surface area contributed by atoms with Crippen molar-refractivity contribution in [3.63, 3.8) is 0 Å². The van der Waals surface area contributed by atoms with Gasteiger partial charge in [-0.15, -0.1) is 0 Å². The van der Waals surface area contributed by atoms with Crippen LogP contribution in [-0.2, 0) is 16.1 Å². The van der Waals surface area contributed by atoms with Crippen LogP contribution < -0.4 is 5.32 Å². The van der Waals surface area contributed by atoms with Crippen LogP contribution in [0.25, 0.3) is 16.9 Å². The number of fused-ring (bicyclic) bond motifs is 1. The molecule has 10 heteroatoms. The summed E-state index contributed by atoms with van der Waals surface area (Å²) in [5.41, 5.74) is 3.20. The highest BCUT2D eigenvalue weighted by Crippen LogP contribution is 2.28. The number of aliphatic hydroxyl groups is 2. The molecule has 0 bridgehead atoms. The number of hydrogen-bond donors (Lipinski definition) is 3. The fraction of sp³-hybridized carbons (Fsp3) is 0.520. The zero-order valence-corrected chi connectivity index (χ0v) is 20.6. The third-order valence-electron chi connectivity index (χ3n) is 6.99. The van der Waals surface area contributed by atoms with Crippen molar-refractivity contribution < 1.29 is 19.8 Å². The Kier molecular flexibility index (Phi) is 7.23. The van der Waals surface area contributed by atoms with E-state index in [0.717, 1.165) is 16.9 Å². The number of carbonyl (C=O) groups excluding carboxylic acids is 2. The SMILES string of the molecule is CCn1nccc1-c1ccc(C(CO)NC(=O)C2CC(O)CN2C(=O)C(C)C(C)C)c2ccnn12. The quantitative estimate of drug-likeness (QED) is 0.448. The van der Waals surface area contributed by atoms with Crippen molar-refractivity contribution in [2.75, 3.05) is 13.2 Å². The van der Waals surface area contributed by atoms with Gasteiger partial charge in [-0.1, -0.05) is 26.8 Å². The largest absolute Gasteiger partial charge is 0.394 e. The van der Waals surface area contributed by atoms with Crippen LogP contribution in [0.2, 0.25) is 0 Å². The van der Waals surface area contributed by atoms with Gasteiger partial charge in [-0.2, -0.15) is 10.2 Å². The van der Waals surface area contributed by atoms with E-state index in [9.17, 15) is 19.8 Å². The number of nitrogens with one attached hydrogen (secondary N) is 1. The molecule has 188 valence electrons. The molecule has 1 aliphatic heterocycles. The number of carbonyl (C=O) groups is 2. The van der Waals surface area contributed by atoms with Crippen LogP contribution in [-0.4, -0.2) is 71.6 Å². The van der Waals surface area contributed by atoms with Crippen molar-refractivity contribution in [2.24, 2.45) is 11.8 Å². The van der Waals surface area contributed by atoms with E-state index in [4.69, 9.17) is 0 Å². The van der Waals surface area contributed by atoms with Gasteiger partial charge in [-0.25, -0.2) is 4.52 Å². The van der Waals surface area contributed by atoms with Crippen molar-refractivity contribution in [1.82, 2.24) is 29.6 Å². The zero-order chi connectivity index (χ0) is 25.3. The van der Waals surface area contributed by atoms with Gasteiger partial charge in [0.1, 0.15) is 6.04 Å². The van der Waals surface area contributed by atoms with E-state index >= 15 is 0 Å². The molecule has 10 nitrogen and oxygen atoms in total. The second kappa shape index (κ2) is 10.2. The van der Waals surface area contributed by atoms with Crippen molar-refractivity contribution in [2.45, 2.75) is 58.8 Å². The smallest absolute Gasteiger partial charge is 0.243 e. The second-order valence-corrected chi connectivity index (χ2v) is 9.51. The average molecular weight is 483 g/mol. The van der Waals surface area contributed by atoms with E-state index in [0.29, 0.717) is 12.1 Å². The van der Waals surface area contributed by atoms with Crippen LogP contribution in [0.3, 0.4) is 0 Å². The summed E-state index contributed by atoms with van der Waals surface area (Å²) in [4.78, 5) is 27.7. The predicted octanol–water partition coefficient (Wildman–Crippen LogP) is 1.62. The average Bonchev–Trinajstić information content (AvgIpc) is 3.60. The van der Waals surface area contributed by atoms with Gasteiger partial charge in [0.25, 0.3) is 0 Å². The maximum Gasteiger partial charge on any atom is 0.243 e. The van der Waals surface area contributed by atoms with Crippen molar-refractivity contribution >= 4 is 17.3 Å². The number of aromatic nitrogens is 4. The molecule has 3 aromatic rings. The molecule has 1 fully saturated rings. The van der Waals surface area contributed by atoms with Crippen LogP contribution in [0.4, 0.5) is 0 Å². The van der Waals surface area contributed by atoms with Gasteiger partial charge in [0.05, 0.1) is 41.9 Å². The molecule has 4 rings (SSSR count). The lowest BCUT2D eigenvalue weighted by Crippen LogP contribution is -2.49. The molecule has 4 unspecified atom stereocenters. The van der Waals surface area contributed by atoms with Crippen molar-refractivity contribution in [1.29, 1.82) is 0 Å². The zero-order valence-electron chi connectivity index (χ0n) is 20.6. The van der Waals surface area contributed by atoms with Gasteiger partial charge < -0.3 is 20.4 Å².